The first kappa shape index (κ1) is 15.3. The third-order valence-corrected chi connectivity index (χ3v) is 2.52. The highest BCUT2D eigenvalue weighted by molar-refractivity contribution is 5.69. The van der Waals surface area contributed by atoms with Crippen LogP contribution in [-0.4, -0.2) is 31.7 Å². The SMILES string of the molecule is COC(=O)CCCN(C)c1cccc(C(F)(F)F)n1. The Morgan fingerprint density at radius 3 is 2.68 bits per heavy atom. The van der Waals surface area contributed by atoms with Gasteiger partial charge in [0.1, 0.15) is 11.5 Å². The molecule has 7 heteroatoms. The van der Waals surface area contributed by atoms with Crippen molar-refractivity contribution < 1.29 is 22.7 Å². The van der Waals surface area contributed by atoms with Gasteiger partial charge < -0.3 is 9.64 Å². The molecular formula is C12H15F3N2O2. The average Bonchev–Trinajstić information content (AvgIpc) is 2.37. The van der Waals surface area contributed by atoms with Crippen LogP contribution in [0.2, 0.25) is 0 Å². The number of aromatic nitrogens is 1. The number of nitrogens with zero attached hydrogens (tertiary/aromatic N) is 2. The fourth-order valence-electron chi connectivity index (χ4n) is 1.47. The van der Waals surface area contributed by atoms with Crippen molar-refractivity contribution in [3.63, 3.8) is 0 Å². The van der Waals surface area contributed by atoms with Gasteiger partial charge in [0, 0.05) is 20.0 Å². The Morgan fingerprint density at radius 1 is 1.42 bits per heavy atom. The number of carbonyl (C=O) groups excluding carboxylic acids is 1. The number of carbonyl (C=O) groups is 1. The third-order valence-electron chi connectivity index (χ3n) is 2.52. The van der Waals surface area contributed by atoms with Gasteiger partial charge in [0.2, 0.25) is 0 Å². The van der Waals surface area contributed by atoms with E-state index in [1.165, 1.54) is 19.2 Å². The number of esters is 1. The molecule has 1 aromatic heterocycles. The minimum Gasteiger partial charge on any atom is -0.469 e. The van der Waals surface area contributed by atoms with Gasteiger partial charge in [-0.3, -0.25) is 4.79 Å². The first-order chi connectivity index (χ1) is 8.84. The van der Waals surface area contributed by atoms with E-state index in [9.17, 15) is 18.0 Å². The summed E-state index contributed by atoms with van der Waals surface area (Å²) in [6.07, 6.45) is -3.75. The molecule has 0 spiro atoms. The second kappa shape index (κ2) is 6.40. The number of anilines is 1. The number of hydrogen-bond donors (Lipinski definition) is 0. The zero-order valence-electron chi connectivity index (χ0n) is 10.7. The summed E-state index contributed by atoms with van der Waals surface area (Å²) in [5.74, 6) is -0.120. The highest BCUT2D eigenvalue weighted by Crippen LogP contribution is 2.28. The Balaban J connectivity index is 2.62. The first-order valence-corrected chi connectivity index (χ1v) is 5.67. The number of alkyl halides is 3. The van der Waals surface area contributed by atoms with Gasteiger partial charge >= 0.3 is 12.1 Å². The number of hydrogen-bond acceptors (Lipinski definition) is 4. The van der Waals surface area contributed by atoms with E-state index < -0.39 is 11.9 Å². The summed E-state index contributed by atoms with van der Waals surface area (Å²) in [6, 6.07) is 3.72. The predicted molar refractivity (Wildman–Crippen MR) is 63.8 cm³/mol. The number of pyridine rings is 1. The minimum absolute atomic E-state index is 0.222. The summed E-state index contributed by atoms with van der Waals surface area (Å²) in [6.45, 7) is 0.420. The molecule has 0 amide bonds. The fourth-order valence-corrected chi connectivity index (χ4v) is 1.47. The molecule has 0 aliphatic heterocycles. The van der Waals surface area contributed by atoms with Gasteiger partial charge in [0.25, 0.3) is 0 Å². The van der Waals surface area contributed by atoms with Crippen LogP contribution < -0.4 is 4.90 Å². The molecular weight excluding hydrogens is 261 g/mol. The quantitative estimate of drug-likeness (QED) is 0.775. The van der Waals surface area contributed by atoms with E-state index in [4.69, 9.17) is 0 Å². The highest BCUT2D eigenvalue weighted by Gasteiger charge is 2.32. The lowest BCUT2D eigenvalue weighted by Gasteiger charge is -2.18. The van der Waals surface area contributed by atoms with Crippen molar-refractivity contribution in [3.8, 4) is 0 Å². The lowest BCUT2D eigenvalue weighted by molar-refractivity contribution is -0.141. The van der Waals surface area contributed by atoms with E-state index in [1.807, 2.05) is 0 Å². The van der Waals surface area contributed by atoms with E-state index in [-0.39, 0.29) is 18.2 Å². The zero-order valence-corrected chi connectivity index (χ0v) is 10.7. The Kier molecular flexibility index (Phi) is 5.14. The highest BCUT2D eigenvalue weighted by atomic mass is 19.4. The van der Waals surface area contributed by atoms with Gasteiger partial charge in [-0.2, -0.15) is 13.2 Å². The second-order valence-electron chi connectivity index (χ2n) is 3.98. The van der Waals surface area contributed by atoms with E-state index in [1.54, 1.807) is 11.9 Å². The number of methoxy groups -OCH3 is 1. The molecule has 0 atom stereocenters. The van der Waals surface area contributed by atoms with Crippen molar-refractivity contribution in [1.29, 1.82) is 0 Å². The Morgan fingerprint density at radius 2 is 2.11 bits per heavy atom. The molecule has 0 bridgehead atoms. The van der Waals surface area contributed by atoms with E-state index in [0.29, 0.717) is 13.0 Å². The molecule has 1 heterocycles. The Bertz CT molecular complexity index is 435. The average molecular weight is 276 g/mol. The molecule has 1 rings (SSSR count). The van der Waals surface area contributed by atoms with Crippen molar-refractivity contribution in [1.82, 2.24) is 4.98 Å². The summed E-state index contributed by atoms with van der Waals surface area (Å²) < 4.78 is 42.0. The summed E-state index contributed by atoms with van der Waals surface area (Å²) >= 11 is 0. The molecule has 106 valence electrons. The monoisotopic (exact) mass is 276 g/mol. The molecule has 0 N–H and O–H groups in total. The van der Waals surface area contributed by atoms with Gasteiger partial charge in [-0.05, 0) is 18.6 Å². The number of ether oxygens (including phenoxy) is 1. The van der Waals surface area contributed by atoms with Crippen LogP contribution in [0.5, 0.6) is 0 Å². The van der Waals surface area contributed by atoms with Crippen LogP contribution in [0.25, 0.3) is 0 Å². The van der Waals surface area contributed by atoms with Gasteiger partial charge in [0.15, 0.2) is 0 Å². The maximum Gasteiger partial charge on any atom is 0.433 e. The normalized spacial score (nSPS) is 11.2. The van der Waals surface area contributed by atoms with Crippen LogP contribution in [0, 0.1) is 0 Å². The first-order valence-electron chi connectivity index (χ1n) is 5.67. The standard InChI is InChI=1S/C12H15F3N2O2/c1-17(8-4-7-11(18)19-2)10-6-3-5-9(16-10)12(13,14)15/h3,5-6H,4,7-8H2,1-2H3. The largest absolute Gasteiger partial charge is 0.469 e. The maximum absolute atomic E-state index is 12.5. The summed E-state index contributed by atoms with van der Waals surface area (Å²) in [4.78, 5) is 16.0. The van der Waals surface area contributed by atoms with Gasteiger partial charge in [-0.1, -0.05) is 6.07 Å². The molecule has 0 radical (unpaired) electrons. The van der Waals surface area contributed by atoms with Crippen LogP contribution >= 0.6 is 0 Å². The lowest BCUT2D eigenvalue weighted by Crippen LogP contribution is -2.22. The lowest BCUT2D eigenvalue weighted by atomic mass is 10.3. The summed E-state index contributed by atoms with van der Waals surface area (Å²) in [7, 11) is 2.92. The van der Waals surface area contributed by atoms with Crippen molar-refractivity contribution in [2.75, 3.05) is 25.6 Å². The molecule has 19 heavy (non-hydrogen) atoms. The molecule has 0 aliphatic carbocycles. The van der Waals surface area contributed by atoms with Crippen LogP contribution in [0.3, 0.4) is 0 Å². The van der Waals surface area contributed by atoms with Crippen molar-refractivity contribution in [2.45, 2.75) is 19.0 Å². The van der Waals surface area contributed by atoms with E-state index >= 15 is 0 Å². The number of rotatable bonds is 5. The molecule has 0 fully saturated rings. The second-order valence-corrected chi connectivity index (χ2v) is 3.98. The van der Waals surface area contributed by atoms with Crippen molar-refractivity contribution >= 4 is 11.8 Å². The Labute approximate surface area is 109 Å². The molecule has 0 saturated heterocycles. The smallest absolute Gasteiger partial charge is 0.433 e. The fraction of sp³-hybridized carbons (Fsp3) is 0.500. The number of halogens is 3. The summed E-state index contributed by atoms with van der Waals surface area (Å²) in [5, 5.41) is 0. The van der Waals surface area contributed by atoms with Crippen LogP contribution in [-0.2, 0) is 15.7 Å². The van der Waals surface area contributed by atoms with Gasteiger partial charge in [-0.15, -0.1) is 0 Å². The van der Waals surface area contributed by atoms with Crippen molar-refractivity contribution in [3.05, 3.63) is 23.9 Å². The van der Waals surface area contributed by atoms with Crippen LogP contribution in [0.4, 0.5) is 19.0 Å². The predicted octanol–water partition coefficient (Wildman–Crippen LogP) is 2.49. The molecule has 0 saturated carbocycles. The Hall–Kier alpha value is -1.79. The molecule has 0 aromatic carbocycles. The molecule has 4 nitrogen and oxygen atoms in total. The van der Waals surface area contributed by atoms with Gasteiger partial charge in [-0.25, -0.2) is 4.98 Å². The van der Waals surface area contributed by atoms with Crippen molar-refractivity contribution in [2.24, 2.45) is 0 Å². The van der Waals surface area contributed by atoms with Crippen LogP contribution in [0.15, 0.2) is 18.2 Å². The van der Waals surface area contributed by atoms with Crippen LogP contribution in [0.1, 0.15) is 18.5 Å². The van der Waals surface area contributed by atoms with Gasteiger partial charge in [0.05, 0.1) is 7.11 Å². The zero-order chi connectivity index (χ0) is 14.5. The topological polar surface area (TPSA) is 42.4 Å². The molecule has 0 unspecified atom stereocenters. The minimum atomic E-state index is -4.46. The molecule has 0 aliphatic rings. The molecule has 1 aromatic rings. The van der Waals surface area contributed by atoms with E-state index in [2.05, 4.69) is 9.72 Å². The van der Waals surface area contributed by atoms with E-state index in [0.717, 1.165) is 6.07 Å². The maximum atomic E-state index is 12.5. The summed E-state index contributed by atoms with van der Waals surface area (Å²) in [5.41, 5.74) is -0.926. The third kappa shape index (κ3) is 4.76.